The second-order valence-corrected chi connectivity index (χ2v) is 8.06. The van der Waals surface area contributed by atoms with E-state index in [9.17, 15) is 4.79 Å². The number of amides is 1. The summed E-state index contributed by atoms with van der Waals surface area (Å²) in [5, 5.41) is 2.60. The van der Waals surface area contributed by atoms with Gasteiger partial charge in [-0.15, -0.1) is 0 Å². The van der Waals surface area contributed by atoms with Crippen LogP contribution in [0.2, 0.25) is 0 Å². The molecular weight excluding hydrogens is 422 g/mol. The number of aryl methyl sites for hydroxylation is 1. The largest absolute Gasteiger partial charge is 0.493 e. The molecule has 2 aromatic carbocycles. The summed E-state index contributed by atoms with van der Waals surface area (Å²) in [5.74, 6) is 1.87. The first-order valence-corrected chi connectivity index (χ1v) is 10.6. The van der Waals surface area contributed by atoms with Gasteiger partial charge < -0.3 is 24.3 Å². The summed E-state index contributed by atoms with van der Waals surface area (Å²) in [6, 6.07) is 13.4. The number of rotatable bonds is 10. The van der Waals surface area contributed by atoms with Crippen molar-refractivity contribution in [2.75, 3.05) is 33.5 Å². The molecule has 2 aromatic rings. The molecule has 6 nitrogen and oxygen atoms in total. The Morgan fingerprint density at radius 3 is 2.40 bits per heavy atom. The van der Waals surface area contributed by atoms with E-state index < -0.39 is 0 Å². The minimum absolute atomic E-state index is 0.187. The lowest BCUT2D eigenvalue weighted by Gasteiger charge is -2.12. The van der Waals surface area contributed by atoms with Crippen LogP contribution in [0.25, 0.3) is 6.08 Å². The van der Waals surface area contributed by atoms with Gasteiger partial charge in [0.2, 0.25) is 0 Å². The maximum absolute atomic E-state index is 11.8. The van der Waals surface area contributed by atoms with E-state index in [0.29, 0.717) is 47.2 Å². The van der Waals surface area contributed by atoms with Gasteiger partial charge in [0.05, 0.1) is 25.2 Å². The van der Waals surface area contributed by atoms with Crippen molar-refractivity contribution in [2.45, 2.75) is 6.92 Å². The summed E-state index contributed by atoms with van der Waals surface area (Å²) in [7, 11) is 1.57. The number of hydrogen-bond acceptors (Lipinski definition) is 7. The van der Waals surface area contributed by atoms with E-state index in [0.717, 1.165) is 16.9 Å². The molecule has 158 valence electrons. The minimum atomic E-state index is -0.187. The van der Waals surface area contributed by atoms with Crippen molar-refractivity contribution in [3.63, 3.8) is 0 Å². The summed E-state index contributed by atoms with van der Waals surface area (Å²) in [5.41, 5.74) is 1.92. The predicted molar refractivity (Wildman–Crippen MR) is 122 cm³/mol. The van der Waals surface area contributed by atoms with Crippen LogP contribution in [0.4, 0.5) is 0 Å². The smallest absolute Gasteiger partial charge is 0.263 e. The van der Waals surface area contributed by atoms with Gasteiger partial charge in [0, 0.05) is 0 Å². The zero-order valence-electron chi connectivity index (χ0n) is 16.8. The average molecular weight is 446 g/mol. The van der Waals surface area contributed by atoms with Crippen LogP contribution < -0.4 is 19.5 Å². The molecule has 1 N–H and O–H groups in total. The number of hydrogen-bond donors (Lipinski definition) is 1. The zero-order chi connectivity index (χ0) is 21.3. The van der Waals surface area contributed by atoms with Crippen LogP contribution in [0.1, 0.15) is 11.1 Å². The molecule has 30 heavy (non-hydrogen) atoms. The van der Waals surface area contributed by atoms with E-state index in [4.69, 9.17) is 31.2 Å². The van der Waals surface area contributed by atoms with Crippen LogP contribution in [0.3, 0.4) is 0 Å². The Morgan fingerprint density at radius 2 is 1.73 bits per heavy atom. The summed E-state index contributed by atoms with van der Waals surface area (Å²) in [6.07, 6.45) is 1.77. The van der Waals surface area contributed by atoms with Crippen LogP contribution in [0, 0.1) is 6.92 Å². The number of thioether (sulfide) groups is 1. The maximum atomic E-state index is 11.8. The van der Waals surface area contributed by atoms with Crippen LogP contribution in [0.5, 0.6) is 17.2 Å². The third-order valence-corrected chi connectivity index (χ3v) is 5.35. The summed E-state index contributed by atoms with van der Waals surface area (Å²) >= 11 is 6.24. The molecule has 1 aliphatic rings. The monoisotopic (exact) mass is 445 g/mol. The van der Waals surface area contributed by atoms with Crippen molar-refractivity contribution in [3.05, 3.63) is 58.5 Å². The number of benzene rings is 2. The van der Waals surface area contributed by atoms with Gasteiger partial charge in [-0.05, 0) is 42.3 Å². The van der Waals surface area contributed by atoms with Crippen molar-refractivity contribution in [3.8, 4) is 17.2 Å². The van der Waals surface area contributed by atoms with Gasteiger partial charge >= 0.3 is 0 Å². The second kappa shape index (κ2) is 11.0. The van der Waals surface area contributed by atoms with Crippen LogP contribution in [0.15, 0.2) is 47.4 Å². The van der Waals surface area contributed by atoms with Gasteiger partial charge in [0.1, 0.15) is 23.3 Å². The molecule has 8 heteroatoms. The Balaban J connectivity index is 1.43. The molecule has 1 aliphatic heterocycles. The molecule has 0 aromatic heterocycles. The molecular formula is C22H23NO5S2. The number of nitrogens with one attached hydrogen (secondary N) is 1. The Labute approximate surface area is 185 Å². The summed E-state index contributed by atoms with van der Waals surface area (Å²) in [6.45, 7) is 3.78. The fraction of sp³-hybridized carbons (Fsp3) is 0.273. The molecule has 1 amide bonds. The van der Waals surface area contributed by atoms with Crippen molar-refractivity contribution in [2.24, 2.45) is 0 Å². The highest BCUT2D eigenvalue weighted by atomic mass is 32.2. The third-order valence-electron chi connectivity index (χ3n) is 4.19. The second-order valence-electron chi connectivity index (χ2n) is 6.34. The van der Waals surface area contributed by atoms with Gasteiger partial charge in [-0.1, -0.05) is 48.2 Å². The molecule has 0 radical (unpaired) electrons. The van der Waals surface area contributed by atoms with E-state index in [1.807, 2.05) is 49.4 Å². The van der Waals surface area contributed by atoms with Crippen molar-refractivity contribution in [1.29, 1.82) is 0 Å². The Hall–Kier alpha value is -2.55. The van der Waals surface area contributed by atoms with Gasteiger partial charge in [-0.3, -0.25) is 4.79 Å². The highest BCUT2D eigenvalue weighted by Crippen LogP contribution is 2.31. The van der Waals surface area contributed by atoms with Gasteiger partial charge in [-0.25, -0.2) is 0 Å². The van der Waals surface area contributed by atoms with Crippen LogP contribution in [-0.2, 0) is 9.53 Å². The lowest BCUT2D eigenvalue weighted by Crippen LogP contribution is -2.17. The average Bonchev–Trinajstić information content (AvgIpc) is 3.05. The number of carbonyl (C=O) groups is 1. The van der Waals surface area contributed by atoms with E-state index in [1.165, 1.54) is 11.8 Å². The minimum Gasteiger partial charge on any atom is -0.493 e. The standard InChI is InChI=1S/C22H23NO5S2/c1-15-5-3-4-6-17(15)27-11-9-26-10-12-28-18-8-7-16(13-19(18)25-2)14-20-21(24)23-22(29)30-20/h3-8,13-14H,9-12H2,1-2H3,(H,23,24,29). The van der Waals surface area contributed by atoms with Gasteiger partial charge in [0.15, 0.2) is 11.5 Å². The first kappa shape index (κ1) is 22.1. The predicted octanol–water partition coefficient (Wildman–Crippen LogP) is 3.97. The SMILES string of the molecule is COc1cc(C=C2SC(=S)NC2=O)ccc1OCCOCCOc1ccccc1C. The first-order chi connectivity index (χ1) is 14.6. The lowest BCUT2D eigenvalue weighted by molar-refractivity contribution is -0.115. The Kier molecular flexibility index (Phi) is 8.12. The van der Waals surface area contributed by atoms with Crippen LogP contribution in [-0.4, -0.2) is 43.8 Å². The molecule has 1 saturated heterocycles. The summed E-state index contributed by atoms with van der Waals surface area (Å²) in [4.78, 5) is 12.3. The molecule has 0 bridgehead atoms. The molecule has 1 heterocycles. The fourth-order valence-corrected chi connectivity index (χ4v) is 3.75. The molecule has 0 unspecified atom stereocenters. The quantitative estimate of drug-likeness (QED) is 0.337. The highest BCUT2D eigenvalue weighted by Gasteiger charge is 2.22. The molecule has 0 aliphatic carbocycles. The van der Waals surface area contributed by atoms with Crippen molar-refractivity contribution >= 4 is 40.3 Å². The molecule has 3 rings (SSSR count). The van der Waals surface area contributed by atoms with E-state index in [-0.39, 0.29) is 5.91 Å². The highest BCUT2D eigenvalue weighted by molar-refractivity contribution is 8.26. The number of carbonyl (C=O) groups excluding carboxylic acids is 1. The lowest BCUT2D eigenvalue weighted by atomic mass is 10.2. The molecule has 1 fully saturated rings. The van der Waals surface area contributed by atoms with Crippen molar-refractivity contribution < 1.29 is 23.7 Å². The van der Waals surface area contributed by atoms with E-state index in [1.54, 1.807) is 13.2 Å². The normalized spacial score (nSPS) is 14.7. The number of para-hydroxylation sites is 1. The number of thiocarbonyl (C=S) groups is 1. The number of ether oxygens (including phenoxy) is 4. The Bertz CT molecular complexity index is 945. The molecule has 0 atom stereocenters. The van der Waals surface area contributed by atoms with E-state index >= 15 is 0 Å². The van der Waals surface area contributed by atoms with Gasteiger partial charge in [0.25, 0.3) is 5.91 Å². The van der Waals surface area contributed by atoms with E-state index in [2.05, 4.69) is 5.32 Å². The van der Waals surface area contributed by atoms with Crippen LogP contribution >= 0.6 is 24.0 Å². The fourth-order valence-electron chi connectivity index (χ4n) is 2.71. The first-order valence-electron chi connectivity index (χ1n) is 9.38. The third kappa shape index (κ3) is 6.22. The topological polar surface area (TPSA) is 66.0 Å². The zero-order valence-corrected chi connectivity index (χ0v) is 18.4. The van der Waals surface area contributed by atoms with Gasteiger partial charge in [-0.2, -0.15) is 0 Å². The molecule has 0 spiro atoms. The van der Waals surface area contributed by atoms with Crippen molar-refractivity contribution in [1.82, 2.24) is 5.32 Å². The Morgan fingerprint density at radius 1 is 1.00 bits per heavy atom. The molecule has 0 saturated carbocycles. The summed E-state index contributed by atoms with van der Waals surface area (Å²) < 4.78 is 22.9. The number of methoxy groups -OCH3 is 1. The maximum Gasteiger partial charge on any atom is 0.263 e.